The lowest BCUT2D eigenvalue weighted by Gasteiger charge is -2.37. The molecule has 3 aromatic rings. The zero-order chi connectivity index (χ0) is 27.9. The van der Waals surface area contributed by atoms with Gasteiger partial charge in [-0.1, -0.05) is 35.3 Å². The van der Waals surface area contributed by atoms with Crippen molar-refractivity contribution >= 4 is 40.8 Å². The van der Waals surface area contributed by atoms with Crippen LogP contribution in [0.4, 0.5) is 0 Å². The van der Waals surface area contributed by atoms with E-state index in [-0.39, 0.29) is 17.9 Å². The minimum absolute atomic E-state index is 0.0349. The van der Waals surface area contributed by atoms with Crippen LogP contribution in [0.2, 0.25) is 10.0 Å². The van der Waals surface area contributed by atoms with Crippen LogP contribution in [0.3, 0.4) is 0 Å². The zero-order valence-corrected chi connectivity index (χ0v) is 23.2. The SMILES string of the molecule is CC1=NC(C)=C(C(=O)O)C(c2cccc(Cl)c2)N1CCCNCC(=O)c1ccc(Oc2ccc(Cl)cc2)cc1. The van der Waals surface area contributed by atoms with Gasteiger partial charge in [0.15, 0.2) is 5.78 Å². The van der Waals surface area contributed by atoms with E-state index in [4.69, 9.17) is 27.9 Å². The third kappa shape index (κ3) is 7.26. The van der Waals surface area contributed by atoms with Crippen molar-refractivity contribution in [3.05, 3.63) is 105 Å². The molecule has 2 N–H and O–H groups in total. The summed E-state index contributed by atoms with van der Waals surface area (Å²) < 4.78 is 5.78. The second-order valence-corrected chi connectivity index (χ2v) is 10.0. The Labute approximate surface area is 237 Å². The summed E-state index contributed by atoms with van der Waals surface area (Å²) in [4.78, 5) is 31.3. The van der Waals surface area contributed by atoms with Crippen LogP contribution in [0.15, 0.2) is 89.1 Å². The molecule has 0 bridgehead atoms. The molecule has 0 fully saturated rings. The number of ether oxygens (including phenoxy) is 1. The van der Waals surface area contributed by atoms with Gasteiger partial charge in [0.05, 0.1) is 23.9 Å². The molecule has 1 heterocycles. The Morgan fingerprint density at radius 2 is 1.64 bits per heavy atom. The van der Waals surface area contributed by atoms with E-state index in [0.717, 1.165) is 11.4 Å². The predicted molar refractivity (Wildman–Crippen MR) is 154 cm³/mol. The summed E-state index contributed by atoms with van der Waals surface area (Å²) in [6.07, 6.45) is 0.678. The molecule has 1 aliphatic rings. The van der Waals surface area contributed by atoms with Crippen molar-refractivity contribution in [2.45, 2.75) is 26.3 Å². The first kappa shape index (κ1) is 28.4. The lowest BCUT2D eigenvalue weighted by Crippen LogP contribution is -2.40. The molecule has 1 atom stereocenters. The van der Waals surface area contributed by atoms with E-state index in [1.54, 1.807) is 67.6 Å². The summed E-state index contributed by atoms with van der Waals surface area (Å²) in [6, 6.07) is 20.8. The van der Waals surface area contributed by atoms with Gasteiger partial charge in [-0.25, -0.2) is 9.79 Å². The van der Waals surface area contributed by atoms with E-state index in [1.807, 2.05) is 24.0 Å². The Morgan fingerprint density at radius 1 is 0.974 bits per heavy atom. The molecule has 1 aliphatic heterocycles. The van der Waals surface area contributed by atoms with Gasteiger partial charge >= 0.3 is 5.97 Å². The van der Waals surface area contributed by atoms with Gasteiger partial charge < -0.3 is 20.1 Å². The monoisotopic (exact) mass is 565 g/mol. The van der Waals surface area contributed by atoms with E-state index < -0.39 is 12.0 Å². The summed E-state index contributed by atoms with van der Waals surface area (Å²) >= 11 is 12.1. The number of carboxylic acid groups (broad SMARTS) is 1. The third-order valence-electron chi connectivity index (χ3n) is 6.38. The van der Waals surface area contributed by atoms with Crippen LogP contribution in [0.1, 0.15) is 42.2 Å². The molecule has 0 saturated heterocycles. The number of hydrogen-bond donors (Lipinski definition) is 2. The summed E-state index contributed by atoms with van der Waals surface area (Å²) in [6.45, 7) is 4.89. The molecule has 0 amide bonds. The maximum absolute atomic E-state index is 12.7. The number of hydrogen-bond acceptors (Lipinski definition) is 6. The number of aliphatic imine (C=N–C) groups is 1. The first-order valence-electron chi connectivity index (χ1n) is 12.5. The number of nitrogens with one attached hydrogen (secondary N) is 1. The van der Waals surface area contributed by atoms with Gasteiger partial charge in [-0.2, -0.15) is 0 Å². The van der Waals surface area contributed by atoms with Gasteiger partial charge in [-0.05, 0) is 93.0 Å². The van der Waals surface area contributed by atoms with Crippen molar-refractivity contribution in [2.75, 3.05) is 19.6 Å². The van der Waals surface area contributed by atoms with Gasteiger partial charge in [0.25, 0.3) is 0 Å². The van der Waals surface area contributed by atoms with Crippen LogP contribution in [0.25, 0.3) is 0 Å². The maximum Gasteiger partial charge on any atom is 0.335 e. The molecule has 39 heavy (non-hydrogen) atoms. The van der Waals surface area contributed by atoms with Crippen molar-refractivity contribution in [2.24, 2.45) is 4.99 Å². The number of nitrogens with zero attached hydrogens (tertiary/aromatic N) is 2. The fraction of sp³-hybridized carbons (Fsp3) is 0.233. The Hall–Kier alpha value is -3.65. The molecule has 3 aromatic carbocycles. The number of amidine groups is 1. The Bertz CT molecular complexity index is 1400. The molecular weight excluding hydrogens is 537 g/mol. The molecule has 0 radical (unpaired) electrons. The van der Waals surface area contributed by atoms with E-state index >= 15 is 0 Å². The minimum Gasteiger partial charge on any atom is -0.478 e. The third-order valence-corrected chi connectivity index (χ3v) is 6.87. The molecule has 9 heteroatoms. The summed E-state index contributed by atoms with van der Waals surface area (Å²) in [7, 11) is 0. The number of ketones is 1. The van der Waals surface area contributed by atoms with Crippen LogP contribution < -0.4 is 10.1 Å². The number of carboxylic acids is 1. The highest BCUT2D eigenvalue weighted by Crippen LogP contribution is 2.36. The normalized spacial score (nSPS) is 15.2. The van der Waals surface area contributed by atoms with Gasteiger partial charge in [-0.15, -0.1) is 0 Å². The summed E-state index contributed by atoms with van der Waals surface area (Å²) in [5.74, 6) is 0.978. The summed E-state index contributed by atoms with van der Waals surface area (Å²) in [5.41, 5.74) is 2.09. The van der Waals surface area contributed by atoms with E-state index in [0.29, 0.717) is 52.3 Å². The Balaban J connectivity index is 1.31. The Kier molecular flexibility index (Phi) is 9.41. The second-order valence-electron chi connectivity index (χ2n) is 9.15. The fourth-order valence-electron chi connectivity index (χ4n) is 4.52. The number of carbonyl (C=O) groups excluding carboxylic acids is 1. The molecule has 0 aromatic heterocycles. The Morgan fingerprint density at radius 3 is 2.28 bits per heavy atom. The highest BCUT2D eigenvalue weighted by Gasteiger charge is 2.34. The zero-order valence-electron chi connectivity index (χ0n) is 21.7. The first-order valence-corrected chi connectivity index (χ1v) is 13.3. The highest BCUT2D eigenvalue weighted by atomic mass is 35.5. The van der Waals surface area contributed by atoms with Crippen molar-refractivity contribution < 1.29 is 19.4 Å². The van der Waals surface area contributed by atoms with E-state index in [2.05, 4.69) is 10.3 Å². The largest absolute Gasteiger partial charge is 0.478 e. The van der Waals surface area contributed by atoms with Crippen LogP contribution in [-0.4, -0.2) is 47.2 Å². The van der Waals surface area contributed by atoms with Crippen molar-refractivity contribution in [3.8, 4) is 11.5 Å². The molecule has 202 valence electrons. The second kappa shape index (κ2) is 12.9. The minimum atomic E-state index is -1.01. The number of rotatable bonds is 11. The molecule has 7 nitrogen and oxygen atoms in total. The number of halogens is 2. The average Bonchev–Trinajstić information content (AvgIpc) is 2.90. The smallest absolute Gasteiger partial charge is 0.335 e. The molecule has 0 spiro atoms. The molecular formula is C30H29Cl2N3O4. The van der Waals surface area contributed by atoms with Gasteiger partial charge in [0.2, 0.25) is 0 Å². The molecule has 0 saturated carbocycles. The highest BCUT2D eigenvalue weighted by molar-refractivity contribution is 6.30. The number of aliphatic carboxylic acids is 1. The van der Waals surface area contributed by atoms with Crippen LogP contribution >= 0.6 is 23.2 Å². The van der Waals surface area contributed by atoms with Crippen molar-refractivity contribution in [3.63, 3.8) is 0 Å². The maximum atomic E-state index is 12.7. The van der Waals surface area contributed by atoms with E-state index in [9.17, 15) is 14.7 Å². The number of carbonyl (C=O) groups is 2. The lowest BCUT2D eigenvalue weighted by molar-refractivity contribution is -0.133. The van der Waals surface area contributed by atoms with Crippen LogP contribution in [-0.2, 0) is 4.79 Å². The average molecular weight is 566 g/mol. The molecule has 4 rings (SSSR count). The van der Waals surface area contributed by atoms with Crippen LogP contribution in [0, 0.1) is 0 Å². The summed E-state index contributed by atoms with van der Waals surface area (Å²) in [5, 5.41) is 14.3. The topological polar surface area (TPSA) is 91.2 Å². The van der Waals surface area contributed by atoms with Crippen molar-refractivity contribution in [1.29, 1.82) is 0 Å². The number of benzene rings is 3. The first-order chi connectivity index (χ1) is 18.7. The molecule has 0 aliphatic carbocycles. The van der Waals surface area contributed by atoms with Crippen LogP contribution in [0.5, 0.6) is 11.5 Å². The van der Waals surface area contributed by atoms with Gasteiger partial charge in [0, 0.05) is 22.2 Å². The lowest BCUT2D eigenvalue weighted by atomic mass is 9.93. The standard InChI is InChI=1S/C30H29Cl2N3O4/c1-19-28(30(37)38)29(22-5-3-6-24(32)17-22)35(20(2)34-19)16-4-15-33-18-27(36)21-7-11-25(12-8-21)39-26-13-9-23(31)10-14-26/h3,5-14,17,29,33H,4,15-16,18H2,1-2H3,(H,37,38). The fourth-order valence-corrected chi connectivity index (χ4v) is 4.84. The van der Waals surface area contributed by atoms with E-state index in [1.165, 1.54) is 0 Å². The number of Topliss-reactive ketones (excluding diaryl/α,β-unsaturated/α-hetero) is 1. The quantitative estimate of drug-likeness (QED) is 0.196. The molecule has 1 unspecified atom stereocenters. The predicted octanol–water partition coefficient (Wildman–Crippen LogP) is 6.78. The number of allylic oxidation sites excluding steroid dienone is 1. The van der Waals surface area contributed by atoms with Gasteiger partial charge in [-0.3, -0.25) is 4.79 Å². The van der Waals surface area contributed by atoms with Crippen molar-refractivity contribution in [1.82, 2.24) is 10.2 Å². The van der Waals surface area contributed by atoms with Gasteiger partial charge in [0.1, 0.15) is 17.3 Å².